The Bertz CT molecular complexity index is 552. The number of hydrogen-bond donors (Lipinski definition) is 1. The van der Waals surface area contributed by atoms with Crippen LogP contribution in [0.25, 0.3) is 11.0 Å². The van der Waals surface area contributed by atoms with Crippen LogP contribution in [0.15, 0.2) is 28.9 Å². The van der Waals surface area contributed by atoms with Crippen LogP contribution in [-0.2, 0) is 0 Å². The molecule has 2 aromatic rings. The Morgan fingerprint density at radius 2 is 2.21 bits per heavy atom. The molecule has 1 saturated heterocycles. The van der Waals surface area contributed by atoms with Gasteiger partial charge in [0.25, 0.3) is 0 Å². The number of piperidine rings is 1. The van der Waals surface area contributed by atoms with Crippen molar-refractivity contribution < 1.29 is 9.15 Å². The average Bonchev–Trinajstić information content (AvgIpc) is 2.86. The van der Waals surface area contributed by atoms with Gasteiger partial charge in [0.1, 0.15) is 11.3 Å². The van der Waals surface area contributed by atoms with Crippen molar-refractivity contribution in [2.45, 2.75) is 19.3 Å². The number of ether oxygens (including phenoxy) is 1. The zero-order valence-electron chi connectivity index (χ0n) is 11.3. The quantitative estimate of drug-likeness (QED) is 0.914. The van der Waals surface area contributed by atoms with Gasteiger partial charge in [-0.05, 0) is 49.5 Å². The number of benzene rings is 1. The third kappa shape index (κ3) is 2.58. The number of nitrogens with one attached hydrogen (secondary N) is 1. The van der Waals surface area contributed by atoms with Gasteiger partial charge < -0.3 is 14.5 Å². The zero-order valence-corrected chi connectivity index (χ0v) is 12.1. The van der Waals surface area contributed by atoms with E-state index in [1.165, 1.54) is 5.56 Å². The van der Waals surface area contributed by atoms with E-state index in [0.29, 0.717) is 11.8 Å². The van der Waals surface area contributed by atoms with Crippen LogP contribution < -0.4 is 10.1 Å². The molecule has 3 rings (SSSR count). The van der Waals surface area contributed by atoms with Crippen LogP contribution in [0.3, 0.4) is 0 Å². The lowest BCUT2D eigenvalue weighted by atomic mass is 9.81. The van der Waals surface area contributed by atoms with Gasteiger partial charge in [-0.15, -0.1) is 12.4 Å². The number of fused-ring (bicyclic) bond motifs is 1. The fourth-order valence-electron chi connectivity index (χ4n) is 2.95. The molecular formula is C15H20ClNO2. The van der Waals surface area contributed by atoms with Crippen molar-refractivity contribution >= 4 is 23.4 Å². The van der Waals surface area contributed by atoms with Gasteiger partial charge in [-0.25, -0.2) is 0 Å². The smallest absolute Gasteiger partial charge is 0.137 e. The summed E-state index contributed by atoms with van der Waals surface area (Å²) in [6, 6.07) is 6.18. The lowest BCUT2D eigenvalue weighted by Gasteiger charge is -2.30. The molecule has 0 radical (unpaired) electrons. The standard InChI is InChI=1S/C15H19NO2.ClH/c1-10-9-16-5-3-13(10)14-8-12(17-2)7-11-4-6-18-15(11)14;/h4,6-8,10,13,16H,3,5,9H2,1-2H3;1H. The maximum Gasteiger partial charge on any atom is 0.137 e. The fraction of sp³-hybridized carbons (Fsp3) is 0.467. The van der Waals surface area contributed by atoms with Gasteiger partial charge in [0, 0.05) is 10.9 Å². The summed E-state index contributed by atoms with van der Waals surface area (Å²) < 4.78 is 11.1. The van der Waals surface area contributed by atoms with Crippen LogP contribution in [-0.4, -0.2) is 20.2 Å². The normalized spacial score (nSPS) is 23.1. The summed E-state index contributed by atoms with van der Waals surface area (Å²) in [5, 5.41) is 4.58. The van der Waals surface area contributed by atoms with E-state index >= 15 is 0 Å². The van der Waals surface area contributed by atoms with Crippen LogP contribution in [0.5, 0.6) is 5.75 Å². The van der Waals surface area contributed by atoms with Crippen LogP contribution in [0.2, 0.25) is 0 Å². The fourth-order valence-corrected chi connectivity index (χ4v) is 2.95. The molecule has 0 spiro atoms. The topological polar surface area (TPSA) is 34.4 Å². The van der Waals surface area contributed by atoms with Crippen molar-refractivity contribution in [3.8, 4) is 5.75 Å². The average molecular weight is 282 g/mol. The van der Waals surface area contributed by atoms with Crippen LogP contribution >= 0.6 is 12.4 Å². The van der Waals surface area contributed by atoms with Crippen molar-refractivity contribution in [3.63, 3.8) is 0 Å². The van der Waals surface area contributed by atoms with Gasteiger partial charge in [0.05, 0.1) is 13.4 Å². The molecule has 2 heterocycles. The molecule has 2 atom stereocenters. The highest BCUT2D eigenvalue weighted by Crippen LogP contribution is 2.37. The molecule has 0 amide bonds. The molecule has 1 aliphatic rings. The van der Waals surface area contributed by atoms with E-state index in [9.17, 15) is 0 Å². The molecule has 4 heteroatoms. The Morgan fingerprint density at radius 1 is 1.37 bits per heavy atom. The third-order valence-corrected chi connectivity index (χ3v) is 3.97. The van der Waals surface area contributed by atoms with E-state index in [1.807, 2.05) is 12.1 Å². The van der Waals surface area contributed by atoms with Gasteiger partial charge in [-0.2, -0.15) is 0 Å². The lowest BCUT2D eigenvalue weighted by molar-refractivity contribution is 0.347. The second-order valence-corrected chi connectivity index (χ2v) is 5.13. The van der Waals surface area contributed by atoms with Crippen molar-refractivity contribution in [2.24, 2.45) is 5.92 Å². The summed E-state index contributed by atoms with van der Waals surface area (Å²) in [6.07, 6.45) is 2.92. The first-order valence-corrected chi connectivity index (χ1v) is 6.55. The Hall–Kier alpha value is -1.19. The molecule has 1 aromatic carbocycles. The first-order valence-electron chi connectivity index (χ1n) is 6.55. The van der Waals surface area contributed by atoms with E-state index < -0.39 is 0 Å². The summed E-state index contributed by atoms with van der Waals surface area (Å²) in [4.78, 5) is 0. The predicted octanol–water partition coefficient (Wildman–Crippen LogP) is 3.58. The minimum atomic E-state index is 0. The van der Waals surface area contributed by atoms with Crippen molar-refractivity contribution in [1.82, 2.24) is 5.32 Å². The van der Waals surface area contributed by atoms with E-state index in [1.54, 1.807) is 13.4 Å². The molecule has 0 bridgehead atoms. The molecule has 1 aliphatic heterocycles. The predicted molar refractivity (Wildman–Crippen MR) is 79.4 cm³/mol. The van der Waals surface area contributed by atoms with Gasteiger partial charge in [0.15, 0.2) is 0 Å². The lowest BCUT2D eigenvalue weighted by Crippen LogP contribution is -2.33. The molecule has 0 aliphatic carbocycles. The second kappa shape index (κ2) is 5.85. The van der Waals surface area contributed by atoms with E-state index in [2.05, 4.69) is 18.3 Å². The van der Waals surface area contributed by atoms with Crippen molar-refractivity contribution in [3.05, 3.63) is 30.0 Å². The largest absolute Gasteiger partial charge is 0.497 e. The van der Waals surface area contributed by atoms with Gasteiger partial charge in [-0.1, -0.05) is 6.92 Å². The highest BCUT2D eigenvalue weighted by atomic mass is 35.5. The first-order chi connectivity index (χ1) is 8.79. The summed E-state index contributed by atoms with van der Waals surface area (Å²) in [5.74, 6) is 2.10. The molecule has 1 N–H and O–H groups in total. The minimum absolute atomic E-state index is 0. The SMILES string of the molecule is COc1cc(C2CCNCC2C)c2occc2c1.Cl. The summed E-state index contributed by atoms with van der Waals surface area (Å²) in [6.45, 7) is 4.45. The molecule has 19 heavy (non-hydrogen) atoms. The van der Waals surface area contributed by atoms with E-state index in [4.69, 9.17) is 9.15 Å². The van der Waals surface area contributed by atoms with Crippen LogP contribution in [0.4, 0.5) is 0 Å². The number of furan rings is 1. The molecule has 1 aromatic heterocycles. The Kier molecular flexibility index (Phi) is 4.38. The maximum atomic E-state index is 5.67. The second-order valence-electron chi connectivity index (χ2n) is 5.13. The highest BCUT2D eigenvalue weighted by Gasteiger charge is 2.26. The summed E-state index contributed by atoms with van der Waals surface area (Å²) >= 11 is 0. The molecule has 1 fully saturated rings. The molecule has 104 valence electrons. The van der Waals surface area contributed by atoms with Gasteiger partial charge >= 0.3 is 0 Å². The maximum absolute atomic E-state index is 5.67. The molecule has 2 unspecified atom stereocenters. The Labute approximate surface area is 119 Å². The Balaban J connectivity index is 0.00000133. The van der Waals surface area contributed by atoms with E-state index in [-0.39, 0.29) is 12.4 Å². The number of halogens is 1. The van der Waals surface area contributed by atoms with Crippen LogP contribution in [0, 0.1) is 5.92 Å². The molecular weight excluding hydrogens is 262 g/mol. The monoisotopic (exact) mass is 281 g/mol. The minimum Gasteiger partial charge on any atom is -0.497 e. The first kappa shape index (κ1) is 14.2. The number of rotatable bonds is 2. The van der Waals surface area contributed by atoms with Crippen molar-refractivity contribution in [1.29, 1.82) is 0 Å². The number of hydrogen-bond acceptors (Lipinski definition) is 3. The summed E-state index contributed by atoms with van der Waals surface area (Å²) in [7, 11) is 1.72. The molecule has 3 nitrogen and oxygen atoms in total. The third-order valence-electron chi connectivity index (χ3n) is 3.97. The van der Waals surface area contributed by atoms with Crippen LogP contribution in [0.1, 0.15) is 24.8 Å². The van der Waals surface area contributed by atoms with Gasteiger partial charge in [-0.3, -0.25) is 0 Å². The Morgan fingerprint density at radius 3 is 2.95 bits per heavy atom. The zero-order chi connectivity index (χ0) is 12.5. The number of methoxy groups -OCH3 is 1. The van der Waals surface area contributed by atoms with Gasteiger partial charge in [0.2, 0.25) is 0 Å². The van der Waals surface area contributed by atoms with E-state index in [0.717, 1.165) is 36.2 Å². The molecule has 0 saturated carbocycles. The summed E-state index contributed by atoms with van der Waals surface area (Å²) in [5.41, 5.74) is 2.32. The van der Waals surface area contributed by atoms with Crippen molar-refractivity contribution in [2.75, 3.05) is 20.2 Å². The highest BCUT2D eigenvalue weighted by molar-refractivity contribution is 5.85.